The first-order valence-electron chi connectivity index (χ1n) is 6.71. The van der Waals surface area contributed by atoms with Crippen molar-refractivity contribution in [1.29, 1.82) is 0 Å². The van der Waals surface area contributed by atoms with Crippen molar-refractivity contribution in [2.24, 2.45) is 0 Å². The van der Waals surface area contributed by atoms with Gasteiger partial charge in [-0.3, -0.25) is 9.35 Å². The van der Waals surface area contributed by atoms with E-state index in [4.69, 9.17) is 9.66 Å². The molecule has 0 radical (unpaired) electrons. The van der Waals surface area contributed by atoms with Crippen LogP contribution in [-0.4, -0.2) is 55.8 Å². The zero-order chi connectivity index (χ0) is 15.0. The Morgan fingerprint density at radius 1 is 1.15 bits per heavy atom. The van der Waals surface area contributed by atoms with Crippen LogP contribution in [0.1, 0.15) is 32.1 Å². The predicted octanol–water partition coefficient (Wildman–Crippen LogP) is -0.229. The Labute approximate surface area is 118 Å². The largest absolute Gasteiger partial charge is 0.480 e. The molecule has 2 rings (SSSR count). The highest BCUT2D eigenvalue weighted by molar-refractivity contribution is 7.80. The zero-order valence-corrected chi connectivity index (χ0v) is 12.1. The van der Waals surface area contributed by atoms with Crippen molar-refractivity contribution in [3.8, 4) is 0 Å². The van der Waals surface area contributed by atoms with E-state index in [0.29, 0.717) is 13.0 Å². The van der Waals surface area contributed by atoms with Crippen LogP contribution < -0.4 is 10.6 Å². The molecule has 2 heterocycles. The summed E-state index contributed by atoms with van der Waals surface area (Å²) in [5.74, 6) is -1.06. The van der Waals surface area contributed by atoms with Crippen LogP contribution in [0.15, 0.2) is 0 Å². The summed E-state index contributed by atoms with van der Waals surface area (Å²) in [5, 5.41) is 14.6. The van der Waals surface area contributed by atoms with E-state index in [0.717, 1.165) is 0 Å². The molecule has 0 saturated carbocycles. The SMILES string of the molecule is C1CCNCC1.O=C(O)C1CC(OS(=O)(=O)O)CCN1. The maximum absolute atomic E-state index is 10.5. The molecular formula is C11H22N2O6S. The second kappa shape index (κ2) is 8.53. The lowest BCUT2D eigenvalue weighted by atomic mass is 10.0. The zero-order valence-electron chi connectivity index (χ0n) is 11.2. The number of hydrogen-bond donors (Lipinski definition) is 4. The van der Waals surface area contributed by atoms with Gasteiger partial charge in [-0.15, -0.1) is 0 Å². The van der Waals surface area contributed by atoms with Gasteiger partial charge in [0.15, 0.2) is 0 Å². The number of rotatable bonds is 3. The van der Waals surface area contributed by atoms with E-state index in [2.05, 4.69) is 14.8 Å². The summed E-state index contributed by atoms with van der Waals surface area (Å²) >= 11 is 0. The molecule has 2 unspecified atom stereocenters. The molecule has 2 atom stereocenters. The molecule has 0 aromatic rings. The monoisotopic (exact) mass is 310 g/mol. The smallest absolute Gasteiger partial charge is 0.397 e. The number of nitrogens with one attached hydrogen (secondary N) is 2. The van der Waals surface area contributed by atoms with E-state index in [9.17, 15) is 13.2 Å². The molecule has 9 heteroatoms. The molecule has 2 aliphatic heterocycles. The van der Waals surface area contributed by atoms with Gasteiger partial charge >= 0.3 is 16.4 Å². The number of carboxylic acids is 1. The van der Waals surface area contributed by atoms with Gasteiger partial charge in [-0.25, -0.2) is 4.18 Å². The average molecular weight is 310 g/mol. The summed E-state index contributed by atoms with van der Waals surface area (Å²) in [7, 11) is -4.49. The molecule has 0 amide bonds. The lowest BCUT2D eigenvalue weighted by Gasteiger charge is -2.26. The van der Waals surface area contributed by atoms with Gasteiger partial charge in [0.1, 0.15) is 6.04 Å². The standard InChI is InChI=1S/C6H11NO6S.C5H11N/c8-6(9)5-3-4(1-2-7-5)13-14(10,11)12;1-2-4-6-5-3-1/h4-5,7H,1-3H2,(H,8,9)(H,10,11,12);6H,1-5H2. The topological polar surface area (TPSA) is 125 Å². The van der Waals surface area contributed by atoms with Crippen molar-refractivity contribution in [3.63, 3.8) is 0 Å². The van der Waals surface area contributed by atoms with Crippen molar-refractivity contribution in [1.82, 2.24) is 10.6 Å². The molecular weight excluding hydrogens is 288 g/mol. The van der Waals surface area contributed by atoms with Crippen LogP contribution >= 0.6 is 0 Å². The van der Waals surface area contributed by atoms with Crippen LogP contribution in [0.5, 0.6) is 0 Å². The normalized spacial score (nSPS) is 27.2. The van der Waals surface area contributed by atoms with Crippen molar-refractivity contribution >= 4 is 16.4 Å². The summed E-state index contributed by atoms with van der Waals surface area (Å²) in [6.45, 7) is 2.84. The van der Waals surface area contributed by atoms with E-state index in [1.54, 1.807) is 0 Å². The third kappa shape index (κ3) is 7.75. The highest BCUT2D eigenvalue weighted by Gasteiger charge is 2.29. The Bertz CT molecular complexity index is 384. The number of aliphatic carboxylic acids is 1. The van der Waals surface area contributed by atoms with Gasteiger partial charge < -0.3 is 15.7 Å². The van der Waals surface area contributed by atoms with Crippen LogP contribution in [0.25, 0.3) is 0 Å². The molecule has 2 aliphatic rings. The Morgan fingerprint density at radius 2 is 1.80 bits per heavy atom. The van der Waals surface area contributed by atoms with Gasteiger partial charge in [0, 0.05) is 6.42 Å². The maximum Gasteiger partial charge on any atom is 0.397 e. The third-order valence-corrected chi connectivity index (χ3v) is 3.63. The quantitative estimate of drug-likeness (QED) is 0.527. The molecule has 8 nitrogen and oxygen atoms in total. The van der Waals surface area contributed by atoms with Crippen LogP contribution in [0.2, 0.25) is 0 Å². The van der Waals surface area contributed by atoms with Crippen LogP contribution in [-0.2, 0) is 19.4 Å². The van der Waals surface area contributed by atoms with E-state index in [1.807, 2.05) is 0 Å². The van der Waals surface area contributed by atoms with E-state index in [-0.39, 0.29) is 6.42 Å². The molecule has 0 aromatic carbocycles. The average Bonchev–Trinajstić information content (AvgIpc) is 2.40. The van der Waals surface area contributed by atoms with Crippen LogP contribution in [0.4, 0.5) is 0 Å². The number of carboxylic acid groups (broad SMARTS) is 1. The van der Waals surface area contributed by atoms with E-state index < -0.39 is 28.5 Å². The molecule has 0 bridgehead atoms. The summed E-state index contributed by atoms with van der Waals surface area (Å²) in [4.78, 5) is 10.5. The molecule has 2 saturated heterocycles. The summed E-state index contributed by atoms with van der Waals surface area (Å²) in [5.41, 5.74) is 0. The molecule has 0 aliphatic carbocycles. The summed E-state index contributed by atoms with van der Waals surface area (Å²) < 4.78 is 33.3. The van der Waals surface area contributed by atoms with Gasteiger partial charge in [0.05, 0.1) is 6.10 Å². The Hall–Kier alpha value is -0.740. The van der Waals surface area contributed by atoms with Gasteiger partial charge in [0.25, 0.3) is 0 Å². The van der Waals surface area contributed by atoms with Crippen molar-refractivity contribution in [2.75, 3.05) is 19.6 Å². The highest BCUT2D eigenvalue weighted by Crippen LogP contribution is 2.14. The third-order valence-electron chi connectivity index (χ3n) is 3.12. The van der Waals surface area contributed by atoms with Crippen LogP contribution in [0.3, 0.4) is 0 Å². The predicted molar refractivity (Wildman–Crippen MR) is 71.8 cm³/mol. The van der Waals surface area contributed by atoms with Gasteiger partial charge in [-0.2, -0.15) is 8.42 Å². The molecule has 2 fully saturated rings. The molecule has 0 aromatic heterocycles. The first-order valence-corrected chi connectivity index (χ1v) is 8.07. The van der Waals surface area contributed by atoms with Gasteiger partial charge in [0.2, 0.25) is 0 Å². The summed E-state index contributed by atoms with van der Waals surface area (Å²) in [6.07, 6.45) is 3.82. The fraction of sp³-hybridized carbons (Fsp3) is 0.909. The minimum atomic E-state index is -4.49. The van der Waals surface area contributed by atoms with Crippen molar-refractivity contribution in [2.45, 2.75) is 44.2 Å². The van der Waals surface area contributed by atoms with E-state index in [1.165, 1.54) is 32.4 Å². The van der Waals surface area contributed by atoms with Gasteiger partial charge in [-0.1, -0.05) is 6.42 Å². The number of carbonyl (C=O) groups is 1. The molecule has 20 heavy (non-hydrogen) atoms. The molecule has 4 N–H and O–H groups in total. The minimum Gasteiger partial charge on any atom is -0.480 e. The Morgan fingerprint density at radius 3 is 2.20 bits per heavy atom. The highest BCUT2D eigenvalue weighted by atomic mass is 32.3. The second-order valence-electron chi connectivity index (χ2n) is 4.83. The second-order valence-corrected chi connectivity index (χ2v) is 5.87. The fourth-order valence-corrected chi connectivity index (χ4v) is 2.65. The number of piperidine rings is 2. The lowest BCUT2D eigenvalue weighted by Crippen LogP contribution is -2.46. The molecule has 0 spiro atoms. The van der Waals surface area contributed by atoms with Crippen LogP contribution in [0, 0.1) is 0 Å². The Balaban J connectivity index is 0.000000276. The van der Waals surface area contributed by atoms with Crippen molar-refractivity contribution in [3.05, 3.63) is 0 Å². The fourth-order valence-electron chi connectivity index (χ4n) is 2.13. The van der Waals surface area contributed by atoms with Crippen molar-refractivity contribution < 1.29 is 27.1 Å². The first-order chi connectivity index (χ1) is 9.38. The Kier molecular flexibility index (Phi) is 7.38. The first kappa shape index (κ1) is 17.3. The number of hydrogen-bond acceptors (Lipinski definition) is 6. The van der Waals surface area contributed by atoms with Gasteiger partial charge in [-0.05, 0) is 38.9 Å². The van der Waals surface area contributed by atoms with E-state index >= 15 is 0 Å². The molecule has 118 valence electrons. The minimum absolute atomic E-state index is 0.0229. The maximum atomic E-state index is 10.5. The summed E-state index contributed by atoms with van der Waals surface area (Å²) in [6, 6.07) is -0.824. The lowest BCUT2D eigenvalue weighted by molar-refractivity contribution is -0.140.